The number of aliphatic hydroxyl groups excluding tert-OH is 1. The van der Waals surface area contributed by atoms with E-state index in [1.807, 2.05) is 23.6 Å². The number of aromatic nitrogens is 1. The van der Waals surface area contributed by atoms with Gasteiger partial charge in [0.05, 0.1) is 22.6 Å². The number of hydrogen-bond acceptors (Lipinski definition) is 9. The van der Waals surface area contributed by atoms with Crippen molar-refractivity contribution in [2.75, 3.05) is 39.9 Å². The number of hydrogen-bond donors (Lipinski definition) is 3. The van der Waals surface area contributed by atoms with Gasteiger partial charge in [0.15, 0.2) is 0 Å². The van der Waals surface area contributed by atoms with Crippen LogP contribution < -0.4 is 20.2 Å². The van der Waals surface area contributed by atoms with Crippen LogP contribution in [-0.2, 0) is 31.3 Å². The first-order chi connectivity index (χ1) is 21.0. The number of benzene rings is 2. The minimum Gasteiger partial charge on any atom is -0.491 e. The van der Waals surface area contributed by atoms with Crippen molar-refractivity contribution in [1.82, 2.24) is 18.9 Å². The van der Waals surface area contributed by atoms with Crippen molar-refractivity contribution in [2.24, 2.45) is 0 Å². The van der Waals surface area contributed by atoms with Crippen molar-refractivity contribution >= 4 is 30.9 Å². The summed E-state index contributed by atoms with van der Waals surface area (Å²) >= 11 is 0. The monoisotopic (exact) mass is 648 g/mol. The number of para-hydroxylation sites is 1. The Kier molecular flexibility index (Phi) is 9.80. The van der Waals surface area contributed by atoms with Crippen molar-refractivity contribution in [3.05, 3.63) is 65.0 Å². The summed E-state index contributed by atoms with van der Waals surface area (Å²) in [4.78, 5) is 13.2. The molecule has 0 saturated carbocycles. The van der Waals surface area contributed by atoms with Crippen molar-refractivity contribution in [2.45, 2.75) is 66.7 Å². The van der Waals surface area contributed by atoms with E-state index in [9.17, 15) is 26.7 Å². The first-order valence-corrected chi connectivity index (χ1v) is 17.7. The minimum atomic E-state index is -4.00. The van der Waals surface area contributed by atoms with Gasteiger partial charge in [-0.25, -0.2) is 21.6 Å². The molecule has 5 rings (SSSR count). The molecule has 0 bridgehead atoms. The van der Waals surface area contributed by atoms with Gasteiger partial charge in [0.2, 0.25) is 25.5 Å². The smallest absolute Gasteiger partial charge is 0.248 e. The van der Waals surface area contributed by atoms with E-state index in [0.29, 0.717) is 43.5 Å². The van der Waals surface area contributed by atoms with E-state index < -0.39 is 37.2 Å². The van der Waals surface area contributed by atoms with Gasteiger partial charge >= 0.3 is 0 Å². The summed E-state index contributed by atoms with van der Waals surface area (Å²) in [6.45, 7) is 3.73. The molecular weight excluding hydrogens is 608 g/mol. The van der Waals surface area contributed by atoms with Crippen LogP contribution in [0.15, 0.2) is 69.3 Å². The van der Waals surface area contributed by atoms with E-state index in [1.165, 1.54) is 29.7 Å². The van der Waals surface area contributed by atoms with Crippen LogP contribution in [0.1, 0.15) is 32.6 Å². The standard InChI is InChI=1S/C30H40N4O8S2/c1-3-13-33-19-28(29(36)26-9-4-5-10-27(26)33)44(39,40)34-14-11-30(12-15-34)17-22(20-42-30)32-18-23(35)21-41-24-7-6-8-25(16-24)43(37,38)31-2/h4-10,16,19,22-23,31-32,35H,3,11-15,17-18,20-21H2,1-2H3/t22-,23?/m1/s1. The molecule has 2 atom stereocenters. The van der Waals surface area contributed by atoms with E-state index in [-0.39, 0.29) is 42.1 Å². The zero-order valence-electron chi connectivity index (χ0n) is 24.9. The first kappa shape index (κ1) is 32.5. The third kappa shape index (κ3) is 6.86. The van der Waals surface area contributed by atoms with Crippen LogP contribution in [-0.4, -0.2) is 88.5 Å². The topological polar surface area (TPSA) is 156 Å². The lowest BCUT2D eigenvalue weighted by Crippen LogP contribution is -2.47. The number of ether oxygens (including phenoxy) is 2. The van der Waals surface area contributed by atoms with Crippen LogP contribution in [0, 0.1) is 0 Å². The largest absolute Gasteiger partial charge is 0.491 e. The maximum Gasteiger partial charge on any atom is 0.248 e. The quantitative estimate of drug-likeness (QED) is 0.266. The molecule has 14 heteroatoms. The summed E-state index contributed by atoms with van der Waals surface area (Å²) < 4.78 is 68.7. The van der Waals surface area contributed by atoms with E-state index >= 15 is 0 Å². The zero-order valence-corrected chi connectivity index (χ0v) is 26.6. The van der Waals surface area contributed by atoms with Crippen LogP contribution in [0.2, 0.25) is 0 Å². The highest BCUT2D eigenvalue weighted by atomic mass is 32.2. The Bertz CT molecular complexity index is 1750. The Labute approximate surface area is 258 Å². The number of sulfonamides is 2. The lowest BCUT2D eigenvalue weighted by atomic mass is 9.88. The summed E-state index contributed by atoms with van der Waals surface area (Å²) in [6.07, 6.45) is 3.10. The summed E-state index contributed by atoms with van der Waals surface area (Å²) in [7, 11) is -6.28. The van der Waals surface area contributed by atoms with Gasteiger partial charge in [-0.15, -0.1) is 0 Å². The molecule has 12 nitrogen and oxygen atoms in total. The molecule has 3 N–H and O–H groups in total. The van der Waals surface area contributed by atoms with E-state index in [4.69, 9.17) is 9.47 Å². The van der Waals surface area contributed by atoms with Gasteiger partial charge in [-0.1, -0.05) is 25.1 Å². The lowest BCUT2D eigenvalue weighted by Gasteiger charge is -2.38. The second-order valence-electron chi connectivity index (χ2n) is 11.4. The van der Waals surface area contributed by atoms with E-state index in [0.717, 1.165) is 11.9 Å². The Balaban J connectivity index is 1.15. The van der Waals surface area contributed by atoms with Crippen molar-refractivity contribution in [1.29, 1.82) is 0 Å². The number of nitrogens with zero attached hydrogens (tertiary/aromatic N) is 2. The molecule has 2 saturated heterocycles. The van der Waals surface area contributed by atoms with Crippen molar-refractivity contribution in [3.63, 3.8) is 0 Å². The molecule has 2 fully saturated rings. The highest BCUT2D eigenvalue weighted by molar-refractivity contribution is 7.89. The molecule has 1 aromatic heterocycles. The number of piperidine rings is 1. The molecular formula is C30H40N4O8S2. The minimum absolute atomic E-state index is 0.0290. The average molecular weight is 649 g/mol. The highest BCUT2D eigenvalue weighted by Gasteiger charge is 2.45. The number of rotatable bonds is 12. The van der Waals surface area contributed by atoms with Crippen LogP contribution in [0.4, 0.5) is 0 Å². The number of fused-ring (bicyclic) bond motifs is 1. The van der Waals surface area contributed by atoms with Gasteiger partial charge in [-0.3, -0.25) is 4.79 Å². The number of aliphatic hydroxyl groups is 1. The Hall–Kier alpha value is -2.85. The molecule has 0 radical (unpaired) electrons. The maximum absolute atomic E-state index is 13.7. The Morgan fingerprint density at radius 3 is 2.59 bits per heavy atom. The van der Waals surface area contributed by atoms with Crippen molar-refractivity contribution < 1.29 is 31.4 Å². The molecule has 1 unspecified atom stereocenters. The van der Waals surface area contributed by atoms with Crippen LogP contribution in [0.5, 0.6) is 5.75 Å². The van der Waals surface area contributed by atoms with E-state index in [1.54, 1.807) is 24.3 Å². The summed E-state index contributed by atoms with van der Waals surface area (Å²) in [5.41, 5.74) is -0.233. The van der Waals surface area contributed by atoms with Gasteiger partial charge < -0.3 is 24.5 Å². The fourth-order valence-electron chi connectivity index (χ4n) is 5.93. The number of aryl methyl sites for hydroxylation is 1. The third-order valence-electron chi connectivity index (χ3n) is 8.35. The molecule has 44 heavy (non-hydrogen) atoms. The Morgan fingerprint density at radius 2 is 1.86 bits per heavy atom. The van der Waals surface area contributed by atoms with Crippen LogP contribution >= 0.6 is 0 Å². The third-order valence-corrected chi connectivity index (χ3v) is 11.7. The van der Waals surface area contributed by atoms with Crippen molar-refractivity contribution in [3.8, 4) is 5.75 Å². The molecule has 2 aliphatic heterocycles. The lowest BCUT2D eigenvalue weighted by molar-refractivity contribution is -0.0312. The molecule has 240 valence electrons. The van der Waals surface area contributed by atoms with Crippen LogP contribution in [0.25, 0.3) is 10.9 Å². The average Bonchev–Trinajstić information content (AvgIpc) is 3.42. The predicted octanol–water partition coefficient (Wildman–Crippen LogP) is 1.66. The highest BCUT2D eigenvalue weighted by Crippen LogP contribution is 2.37. The molecule has 3 aromatic rings. The van der Waals surface area contributed by atoms with Gasteiger partial charge in [0.1, 0.15) is 23.4 Å². The summed E-state index contributed by atoms with van der Waals surface area (Å²) in [5, 5.41) is 14.2. The van der Waals surface area contributed by atoms with Gasteiger partial charge in [0, 0.05) is 49.9 Å². The summed E-state index contributed by atoms with van der Waals surface area (Å²) in [5.74, 6) is 0.332. The maximum atomic E-state index is 13.7. The van der Waals surface area contributed by atoms with Gasteiger partial charge in [-0.05, 0) is 57.0 Å². The number of nitrogens with one attached hydrogen (secondary N) is 2. The second-order valence-corrected chi connectivity index (χ2v) is 15.2. The second kappa shape index (κ2) is 13.3. The molecule has 3 heterocycles. The zero-order chi connectivity index (χ0) is 31.5. The first-order valence-electron chi connectivity index (χ1n) is 14.8. The molecule has 0 amide bonds. The predicted molar refractivity (Wildman–Crippen MR) is 166 cm³/mol. The molecule has 0 aliphatic carbocycles. The normalized spacial score (nSPS) is 19.8. The van der Waals surface area contributed by atoms with E-state index in [2.05, 4.69) is 10.0 Å². The van der Waals surface area contributed by atoms with Crippen LogP contribution in [0.3, 0.4) is 0 Å². The SMILES string of the molecule is CCCn1cc(S(=O)(=O)N2CCC3(CC2)C[C@@H](NCC(O)COc2cccc(S(=O)(=O)NC)c2)CO3)c(=O)c2ccccc21. The summed E-state index contributed by atoms with van der Waals surface area (Å²) in [6, 6.07) is 13.1. The molecule has 1 spiro atoms. The Morgan fingerprint density at radius 1 is 1.11 bits per heavy atom. The fourth-order valence-corrected chi connectivity index (χ4v) is 8.24. The number of pyridine rings is 1. The van der Waals surface area contributed by atoms with Gasteiger partial charge in [-0.2, -0.15) is 4.31 Å². The molecule has 2 aliphatic rings. The van der Waals surface area contributed by atoms with Gasteiger partial charge in [0.25, 0.3) is 0 Å². The fraction of sp³-hybridized carbons (Fsp3) is 0.500. The molecule has 2 aromatic carbocycles.